The van der Waals surface area contributed by atoms with E-state index in [1.165, 1.54) is 12.8 Å². The Bertz CT molecular complexity index is 469. The molecule has 0 amide bonds. The minimum atomic E-state index is -0.891. The van der Waals surface area contributed by atoms with Gasteiger partial charge in [-0.2, -0.15) is 0 Å². The van der Waals surface area contributed by atoms with Crippen LogP contribution < -0.4 is 4.74 Å². The number of carboxylic acid groups (broad SMARTS) is 1. The van der Waals surface area contributed by atoms with Crippen LogP contribution in [0.2, 0.25) is 0 Å². The summed E-state index contributed by atoms with van der Waals surface area (Å²) < 4.78 is 5.36. The van der Waals surface area contributed by atoms with E-state index in [1.807, 2.05) is 0 Å². The molecule has 4 nitrogen and oxygen atoms in total. The standard InChI is InChI=1S/C16H23NO3/c1-3-8-17(10-12-4-5-12)11-14-9-13(16(18)19)6-7-15(14)20-2/h6-7,9,12H,3-5,8,10-11H2,1-2H3,(H,18,19). The highest BCUT2D eigenvalue weighted by atomic mass is 16.5. The number of benzene rings is 1. The van der Waals surface area contributed by atoms with E-state index in [-0.39, 0.29) is 0 Å². The van der Waals surface area contributed by atoms with E-state index in [4.69, 9.17) is 9.84 Å². The topological polar surface area (TPSA) is 49.8 Å². The fourth-order valence-electron chi connectivity index (χ4n) is 2.49. The largest absolute Gasteiger partial charge is 0.496 e. The second-order valence-electron chi connectivity index (χ2n) is 5.51. The molecule has 0 aliphatic heterocycles. The van der Waals surface area contributed by atoms with Crippen LogP contribution >= 0.6 is 0 Å². The fourth-order valence-corrected chi connectivity index (χ4v) is 2.49. The highest BCUT2D eigenvalue weighted by Gasteiger charge is 2.24. The van der Waals surface area contributed by atoms with Gasteiger partial charge in [0.25, 0.3) is 0 Å². The zero-order chi connectivity index (χ0) is 14.5. The van der Waals surface area contributed by atoms with Crippen LogP contribution in [0.1, 0.15) is 42.1 Å². The van der Waals surface area contributed by atoms with E-state index in [9.17, 15) is 4.79 Å². The van der Waals surface area contributed by atoms with Crippen molar-refractivity contribution in [2.75, 3.05) is 20.2 Å². The Morgan fingerprint density at radius 3 is 2.75 bits per heavy atom. The molecule has 1 fully saturated rings. The summed E-state index contributed by atoms with van der Waals surface area (Å²) in [4.78, 5) is 13.5. The van der Waals surface area contributed by atoms with Crippen LogP contribution in [0, 0.1) is 5.92 Å². The van der Waals surface area contributed by atoms with Gasteiger partial charge < -0.3 is 9.84 Å². The van der Waals surface area contributed by atoms with Gasteiger partial charge in [0.2, 0.25) is 0 Å². The summed E-state index contributed by atoms with van der Waals surface area (Å²) in [6, 6.07) is 5.08. The lowest BCUT2D eigenvalue weighted by atomic mass is 10.1. The summed E-state index contributed by atoms with van der Waals surface area (Å²) >= 11 is 0. The predicted molar refractivity (Wildman–Crippen MR) is 78.2 cm³/mol. The summed E-state index contributed by atoms with van der Waals surface area (Å²) in [7, 11) is 1.63. The molecule has 0 heterocycles. The minimum Gasteiger partial charge on any atom is -0.496 e. The first-order chi connectivity index (χ1) is 9.63. The molecule has 110 valence electrons. The quantitative estimate of drug-likeness (QED) is 0.793. The van der Waals surface area contributed by atoms with E-state index in [2.05, 4.69) is 11.8 Å². The number of aromatic carboxylic acids is 1. The maximum atomic E-state index is 11.1. The maximum Gasteiger partial charge on any atom is 0.335 e. The lowest BCUT2D eigenvalue weighted by molar-refractivity contribution is 0.0696. The SMILES string of the molecule is CCCN(Cc1cc(C(=O)O)ccc1OC)CC1CC1. The third-order valence-electron chi connectivity index (χ3n) is 3.67. The van der Waals surface area contributed by atoms with Crippen molar-refractivity contribution in [3.8, 4) is 5.75 Å². The van der Waals surface area contributed by atoms with Gasteiger partial charge in [-0.15, -0.1) is 0 Å². The van der Waals surface area contributed by atoms with E-state index >= 15 is 0 Å². The third-order valence-corrected chi connectivity index (χ3v) is 3.67. The zero-order valence-electron chi connectivity index (χ0n) is 12.3. The molecule has 1 N–H and O–H groups in total. The molecule has 1 aromatic carbocycles. The molecule has 2 rings (SSSR count). The van der Waals surface area contributed by atoms with E-state index < -0.39 is 5.97 Å². The van der Waals surface area contributed by atoms with Crippen LogP contribution in [-0.4, -0.2) is 36.2 Å². The Balaban J connectivity index is 2.14. The van der Waals surface area contributed by atoms with Crippen molar-refractivity contribution in [3.63, 3.8) is 0 Å². The molecule has 0 atom stereocenters. The van der Waals surface area contributed by atoms with Crippen molar-refractivity contribution < 1.29 is 14.6 Å². The van der Waals surface area contributed by atoms with Crippen molar-refractivity contribution in [2.45, 2.75) is 32.7 Å². The van der Waals surface area contributed by atoms with Gasteiger partial charge in [0.05, 0.1) is 12.7 Å². The molecule has 0 saturated heterocycles. The summed E-state index contributed by atoms with van der Waals surface area (Å²) in [5.41, 5.74) is 1.28. The normalized spacial score (nSPS) is 14.6. The third kappa shape index (κ3) is 3.97. The second-order valence-corrected chi connectivity index (χ2v) is 5.51. The van der Waals surface area contributed by atoms with Gasteiger partial charge in [-0.05, 0) is 49.9 Å². The molecule has 4 heteroatoms. The van der Waals surface area contributed by atoms with Gasteiger partial charge >= 0.3 is 5.97 Å². The number of ether oxygens (including phenoxy) is 1. The Hall–Kier alpha value is -1.55. The van der Waals surface area contributed by atoms with Crippen molar-refractivity contribution in [1.82, 2.24) is 4.90 Å². The first kappa shape index (κ1) is 14.9. The number of carboxylic acids is 1. The van der Waals surface area contributed by atoms with Crippen molar-refractivity contribution in [2.24, 2.45) is 5.92 Å². The molecule has 0 bridgehead atoms. The monoisotopic (exact) mass is 277 g/mol. The average molecular weight is 277 g/mol. The Morgan fingerprint density at radius 1 is 1.45 bits per heavy atom. The summed E-state index contributed by atoms with van der Waals surface area (Å²) in [6.45, 7) is 5.07. The highest BCUT2D eigenvalue weighted by molar-refractivity contribution is 5.88. The summed E-state index contributed by atoms with van der Waals surface area (Å²) in [5.74, 6) is 0.709. The van der Waals surface area contributed by atoms with Crippen molar-refractivity contribution >= 4 is 5.97 Å². The van der Waals surface area contributed by atoms with Crippen LogP contribution in [0.4, 0.5) is 0 Å². The minimum absolute atomic E-state index is 0.323. The second kappa shape index (κ2) is 6.75. The molecule has 20 heavy (non-hydrogen) atoms. The number of rotatable bonds is 8. The molecule has 0 aromatic heterocycles. The van der Waals surface area contributed by atoms with Gasteiger partial charge in [0.15, 0.2) is 0 Å². The van der Waals surface area contributed by atoms with Crippen LogP contribution in [0.15, 0.2) is 18.2 Å². The summed E-state index contributed by atoms with van der Waals surface area (Å²) in [5, 5.41) is 9.11. The van der Waals surface area contributed by atoms with E-state index in [1.54, 1.807) is 25.3 Å². The van der Waals surface area contributed by atoms with E-state index in [0.717, 1.165) is 43.3 Å². The molecule has 0 unspecified atom stereocenters. The van der Waals surface area contributed by atoms with Crippen molar-refractivity contribution in [1.29, 1.82) is 0 Å². The Labute approximate surface area is 120 Å². The molecular weight excluding hydrogens is 254 g/mol. The lowest BCUT2D eigenvalue weighted by Crippen LogP contribution is -2.26. The van der Waals surface area contributed by atoms with Crippen molar-refractivity contribution in [3.05, 3.63) is 29.3 Å². The van der Waals surface area contributed by atoms with Gasteiger partial charge in [-0.1, -0.05) is 6.92 Å². The average Bonchev–Trinajstić information content (AvgIpc) is 3.22. The predicted octanol–water partition coefficient (Wildman–Crippen LogP) is 3.02. The first-order valence-electron chi connectivity index (χ1n) is 7.26. The molecule has 1 aromatic rings. The smallest absolute Gasteiger partial charge is 0.335 e. The first-order valence-corrected chi connectivity index (χ1v) is 7.26. The lowest BCUT2D eigenvalue weighted by Gasteiger charge is -2.23. The Morgan fingerprint density at radius 2 is 2.20 bits per heavy atom. The van der Waals surface area contributed by atoms with Gasteiger partial charge in [0.1, 0.15) is 5.75 Å². The maximum absolute atomic E-state index is 11.1. The van der Waals surface area contributed by atoms with Crippen LogP contribution in [0.5, 0.6) is 5.75 Å². The van der Waals surface area contributed by atoms with Gasteiger partial charge in [-0.3, -0.25) is 4.90 Å². The number of carbonyl (C=O) groups is 1. The molecule has 1 aliphatic carbocycles. The number of hydrogen-bond donors (Lipinski definition) is 1. The molecule has 0 radical (unpaired) electrons. The summed E-state index contributed by atoms with van der Waals surface area (Å²) in [6.07, 6.45) is 3.76. The highest BCUT2D eigenvalue weighted by Crippen LogP contribution is 2.31. The Kier molecular flexibility index (Phi) is 5.01. The van der Waals surface area contributed by atoms with Gasteiger partial charge in [0, 0.05) is 18.7 Å². The molecular formula is C16H23NO3. The molecule has 0 spiro atoms. The number of methoxy groups -OCH3 is 1. The number of hydrogen-bond acceptors (Lipinski definition) is 3. The van der Waals surface area contributed by atoms with Crippen LogP contribution in [0.3, 0.4) is 0 Å². The fraction of sp³-hybridized carbons (Fsp3) is 0.562. The zero-order valence-corrected chi connectivity index (χ0v) is 12.3. The molecule has 1 aliphatic rings. The molecule has 1 saturated carbocycles. The van der Waals surface area contributed by atoms with Crippen LogP contribution in [0.25, 0.3) is 0 Å². The number of nitrogens with zero attached hydrogens (tertiary/aromatic N) is 1. The van der Waals surface area contributed by atoms with Crippen LogP contribution in [-0.2, 0) is 6.54 Å². The van der Waals surface area contributed by atoms with Gasteiger partial charge in [-0.25, -0.2) is 4.79 Å². The van der Waals surface area contributed by atoms with E-state index in [0.29, 0.717) is 5.56 Å².